The van der Waals surface area contributed by atoms with E-state index in [1.807, 2.05) is 6.07 Å². The van der Waals surface area contributed by atoms with Gasteiger partial charge < -0.3 is 10.1 Å². The number of nitro benzene ring substituents is 1. The molecule has 106 valence electrons. The summed E-state index contributed by atoms with van der Waals surface area (Å²) in [6.45, 7) is 5.76. The first kappa shape index (κ1) is 15.8. The Morgan fingerprint density at radius 2 is 2.16 bits per heavy atom. The van der Waals surface area contributed by atoms with E-state index in [0.717, 1.165) is 12.1 Å². The van der Waals surface area contributed by atoms with Crippen molar-refractivity contribution in [2.24, 2.45) is 0 Å². The molecular formula is C13H20N2O3S. The van der Waals surface area contributed by atoms with Crippen LogP contribution in [0.3, 0.4) is 0 Å². The predicted molar refractivity (Wildman–Crippen MR) is 78.9 cm³/mol. The molecule has 0 radical (unpaired) electrons. The third-order valence-electron chi connectivity index (χ3n) is 2.87. The van der Waals surface area contributed by atoms with E-state index >= 15 is 0 Å². The summed E-state index contributed by atoms with van der Waals surface area (Å²) in [5.41, 5.74) is 0.885. The fraction of sp³-hybridized carbons (Fsp3) is 0.538. The second-order valence-electron chi connectivity index (χ2n) is 4.83. The molecule has 1 aromatic rings. The zero-order valence-corrected chi connectivity index (χ0v) is 12.5. The van der Waals surface area contributed by atoms with Crippen LogP contribution in [0.2, 0.25) is 0 Å². The van der Waals surface area contributed by atoms with Gasteiger partial charge in [-0.3, -0.25) is 10.1 Å². The van der Waals surface area contributed by atoms with Crippen molar-refractivity contribution in [3.63, 3.8) is 0 Å². The summed E-state index contributed by atoms with van der Waals surface area (Å²) in [6.07, 6.45) is 2.07. The number of nitrogens with one attached hydrogen (secondary N) is 1. The van der Waals surface area contributed by atoms with Crippen LogP contribution >= 0.6 is 11.8 Å². The maximum absolute atomic E-state index is 10.9. The minimum absolute atomic E-state index is 0.00549. The Kier molecular flexibility index (Phi) is 5.62. The summed E-state index contributed by atoms with van der Waals surface area (Å²) in [5.74, 6) is 0.290. The Bertz CT molecular complexity index is 450. The van der Waals surface area contributed by atoms with Crippen LogP contribution in [-0.4, -0.2) is 29.6 Å². The minimum atomic E-state index is -0.422. The van der Waals surface area contributed by atoms with Crippen LogP contribution in [-0.2, 0) is 6.54 Å². The molecule has 0 saturated carbocycles. The summed E-state index contributed by atoms with van der Waals surface area (Å²) in [4.78, 5) is 10.5. The Hall–Kier alpha value is -1.27. The van der Waals surface area contributed by atoms with E-state index in [9.17, 15) is 10.1 Å². The lowest BCUT2D eigenvalue weighted by Crippen LogP contribution is -2.31. The Balaban J connectivity index is 2.70. The van der Waals surface area contributed by atoms with Gasteiger partial charge in [0.1, 0.15) is 0 Å². The highest BCUT2D eigenvalue weighted by Gasteiger charge is 2.17. The molecule has 1 aromatic carbocycles. The van der Waals surface area contributed by atoms with E-state index in [0.29, 0.717) is 6.54 Å². The molecule has 19 heavy (non-hydrogen) atoms. The number of ether oxygens (including phenoxy) is 1. The van der Waals surface area contributed by atoms with Crippen molar-refractivity contribution in [1.29, 1.82) is 0 Å². The van der Waals surface area contributed by atoms with Gasteiger partial charge in [0, 0.05) is 23.9 Å². The fourth-order valence-electron chi connectivity index (χ4n) is 1.57. The van der Waals surface area contributed by atoms with Crippen LogP contribution in [0.15, 0.2) is 18.2 Å². The highest BCUT2D eigenvalue weighted by molar-refractivity contribution is 7.99. The predicted octanol–water partition coefficient (Wildman–Crippen LogP) is 2.83. The molecular weight excluding hydrogens is 264 g/mol. The Labute approximate surface area is 117 Å². The molecule has 0 aliphatic carbocycles. The number of nitro groups is 1. The summed E-state index contributed by atoms with van der Waals surface area (Å²) in [5, 5.41) is 14.2. The number of methoxy groups -OCH3 is 1. The van der Waals surface area contributed by atoms with E-state index < -0.39 is 4.92 Å². The molecule has 0 aliphatic heterocycles. The van der Waals surface area contributed by atoms with Crippen LogP contribution in [0.25, 0.3) is 0 Å². The third kappa shape index (κ3) is 4.72. The normalized spacial score (nSPS) is 11.4. The van der Waals surface area contributed by atoms with Crippen molar-refractivity contribution in [1.82, 2.24) is 5.32 Å². The van der Waals surface area contributed by atoms with Crippen LogP contribution < -0.4 is 10.1 Å². The summed E-state index contributed by atoms with van der Waals surface area (Å²) in [6, 6.07) is 5.03. The Morgan fingerprint density at radius 3 is 2.68 bits per heavy atom. The number of hydrogen-bond donors (Lipinski definition) is 1. The number of thioether (sulfide) groups is 1. The molecule has 1 rings (SSSR count). The van der Waals surface area contributed by atoms with Crippen LogP contribution in [0.4, 0.5) is 5.69 Å². The largest absolute Gasteiger partial charge is 0.490 e. The highest BCUT2D eigenvalue weighted by Crippen LogP contribution is 2.27. The van der Waals surface area contributed by atoms with Gasteiger partial charge in [-0.05, 0) is 31.7 Å². The molecule has 6 heteroatoms. The van der Waals surface area contributed by atoms with Gasteiger partial charge in [0.2, 0.25) is 0 Å². The summed E-state index contributed by atoms with van der Waals surface area (Å²) < 4.78 is 5.12. The van der Waals surface area contributed by atoms with Crippen molar-refractivity contribution in [3.05, 3.63) is 33.9 Å². The molecule has 0 unspecified atom stereocenters. The van der Waals surface area contributed by atoms with Gasteiger partial charge in [-0.25, -0.2) is 0 Å². The average molecular weight is 284 g/mol. The smallest absolute Gasteiger partial charge is 0.311 e. The maximum Gasteiger partial charge on any atom is 0.311 e. The van der Waals surface area contributed by atoms with Gasteiger partial charge in [0.15, 0.2) is 5.75 Å². The maximum atomic E-state index is 10.9. The van der Waals surface area contributed by atoms with E-state index in [1.54, 1.807) is 23.9 Å². The molecule has 0 aliphatic rings. The fourth-order valence-corrected chi connectivity index (χ4v) is 1.81. The van der Waals surface area contributed by atoms with Crippen molar-refractivity contribution in [2.45, 2.75) is 25.1 Å². The monoisotopic (exact) mass is 284 g/mol. The molecule has 0 bridgehead atoms. The summed E-state index contributed by atoms with van der Waals surface area (Å²) >= 11 is 1.79. The van der Waals surface area contributed by atoms with Gasteiger partial charge in [-0.15, -0.1) is 0 Å². The van der Waals surface area contributed by atoms with E-state index in [1.165, 1.54) is 7.11 Å². The second-order valence-corrected chi connectivity index (χ2v) is 6.34. The lowest BCUT2D eigenvalue weighted by atomic mass is 10.1. The minimum Gasteiger partial charge on any atom is -0.490 e. The second kappa shape index (κ2) is 6.77. The highest BCUT2D eigenvalue weighted by atomic mass is 32.2. The van der Waals surface area contributed by atoms with Crippen molar-refractivity contribution in [3.8, 4) is 5.75 Å². The number of hydrogen-bond acceptors (Lipinski definition) is 5. The number of benzene rings is 1. The zero-order valence-electron chi connectivity index (χ0n) is 11.7. The quantitative estimate of drug-likeness (QED) is 0.616. The van der Waals surface area contributed by atoms with Crippen LogP contribution in [0, 0.1) is 10.1 Å². The van der Waals surface area contributed by atoms with Gasteiger partial charge in [0.25, 0.3) is 0 Å². The lowest BCUT2D eigenvalue weighted by molar-refractivity contribution is -0.385. The molecule has 0 amide bonds. The molecule has 0 saturated heterocycles. The van der Waals surface area contributed by atoms with E-state index in [2.05, 4.69) is 25.4 Å². The van der Waals surface area contributed by atoms with Gasteiger partial charge in [0.05, 0.1) is 12.0 Å². The molecule has 0 spiro atoms. The first-order valence-electron chi connectivity index (χ1n) is 5.97. The first-order chi connectivity index (χ1) is 8.89. The van der Waals surface area contributed by atoms with Gasteiger partial charge in [-0.2, -0.15) is 11.8 Å². The first-order valence-corrected chi connectivity index (χ1v) is 7.19. The molecule has 0 fully saturated rings. The SMILES string of the molecule is COc1ccc(CNCC(C)(C)SC)cc1[N+](=O)[O-]. The molecule has 0 aromatic heterocycles. The molecule has 0 heterocycles. The zero-order chi connectivity index (χ0) is 14.5. The molecule has 0 atom stereocenters. The van der Waals surface area contributed by atoms with Crippen molar-refractivity contribution < 1.29 is 9.66 Å². The standard InChI is InChI=1S/C13H20N2O3S/c1-13(2,19-4)9-14-8-10-5-6-12(18-3)11(7-10)15(16)17/h5-7,14H,8-9H2,1-4H3. The summed E-state index contributed by atoms with van der Waals surface area (Å²) in [7, 11) is 1.43. The molecule has 1 N–H and O–H groups in total. The van der Waals surface area contributed by atoms with Crippen molar-refractivity contribution >= 4 is 17.4 Å². The average Bonchev–Trinajstić information content (AvgIpc) is 2.38. The lowest BCUT2D eigenvalue weighted by Gasteiger charge is -2.22. The topological polar surface area (TPSA) is 64.4 Å². The van der Waals surface area contributed by atoms with Crippen molar-refractivity contribution in [2.75, 3.05) is 19.9 Å². The Morgan fingerprint density at radius 1 is 1.47 bits per heavy atom. The number of nitrogens with zero attached hydrogens (tertiary/aromatic N) is 1. The molecule has 5 nitrogen and oxygen atoms in total. The van der Waals surface area contributed by atoms with Crippen LogP contribution in [0.5, 0.6) is 5.75 Å². The third-order valence-corrected chi connectivity index (χ3v) is 4.12. The van der Waals surface area contributed by atoms with Crippen LogP contribution in [0.1, 0.15) is 19.4 Å². The van der Waals surface area contributed by atoms with E-state index in [4.69, 9.17) is 4.74 Å². The van der Waals surface area contributed by atoms with Gasteiger partial charge >= 0.3 is 5.69 Å². The van der Waals surface area contributed by atoms with Gasteiger partial charge in [-0.1, -0.05) is 6.07 Å². The van der Waals surface area contributed by atoms with E-state index in [-0.39, 0.29) is 16.2 Å². The number of rotatable bonds is 7.